The Labute approximate surface area is 174 Å². The number of pyridine rings is 2. The van der Waals surface area contributed by atoms with Crippen LogP contribution < -0.4 is 10.6 Å². The van der Waals surface area contributed by atoms with Crippen LogP contribution in [0.15, 0.2) is 36.5 Å². The molecule has 1 saturated heterocycles. The van der Waals surface area contributed by atoms with E-state index in [1.807, 2.05) is 56.1 Å². The third-order valence-corrected chi connectivity index (χ3v) is 6.17. The molecule has 1 amide bonds. The monoisotopic (exact) mass is 408 g/mol. The minimum atomic E-state index is -0.00631. The molecule has 0 bridgehead atoms. The molecular weight excluding hydrogens is 384 g/mol. The smallest absolute Gasteiger partial charge is 0.266 e. The van der Waals surface area contributed by atoms with Crippen molar-refractivity contribution in [3.05, 3.63) is 58.5 Å². The molecule has 1 aliphatic rings. The molecular formula is C21H24N6OS. The lowest BCUT2D eigenvalue weighted by molar-refractivity contribution is 0.0737. The van der Waals surface area contributed by atoms with Crippen molar-refractivity contribution in [3.63, 3.8) is 0 Å². The standard InChI is InChI=1S/C21H24N6OS/c1-13-6-4-8-18(24-13)26-15-9-10-16(23-12-15)17-7-5-11-27(17)20(28)19-14(2)25-21(22-3)29-19/h4,6,8-10,12,17H,5,7,11H2,1-3H3,(H,22,25)(H,24,26). The van der Waals surface area contributed by atoms with Gasteiger partial charge in [-0.1, -0.05) is 17.4 Å². The van der Waals surface area contributed by atoms with E-state index in [1.54, 1.807) is 6.20 Å². The Morgan fingerprint density at radius 3 is 2.76 bits per heavy atom. The van der Waals surface area contributed by atoms with E-state index < -0.39 is 0 Å². The highest BCUT2D eigenvalue weighted by Crippen LogP contribution is 2.34. The molecule has 0 aliphatic carbocycles. The molecule has 1 fully saturated rings. The lowest BCUT2D eigenvalue weighted by Crippen LogP contribution is -2.30. The fraction of sp³-hybridized carbons (Fsp3) is 0.333. The van der Waals surface area contributed by atoms with Crippen molar-refractivity contribution in [2.45, 2.75) is 32.7 Å². The number of amides is 1. The summed E-state index contributed by atoms with van der Waals surface area (Å²) in [7, 11) is 1.82. The maximum absolute atomic E-state index is 13.1. The number of nitrogens with zero attached hydrogens (tertiary/aromatic N) is 4. The summed E-state index contributed by atoms with van der Waals surface area (Å²) in [5.41, 5.74) is 3.52. The summed E-state index contributed by atoms with van der Waals surface area (Å²) in [4.78, 5) is 29.3. The molecule has 1 aliphatic heterocycles. The highest BCUT2D eigenvalue weighted by atomic mass is 32.1. The molecule has 150 valence electrons. The van der Waals surface area contributed by atoms with Gasteiger partial charge in [-0.25, -0.2) is 9.97 Å². The van der Waals surface area contributed by atoms with Crippen LogP contribution in [0.4, 0.5) is 16.6 Å². The normalized spacial score (nSPS) is 16.1. The third-order valence-electron chi connectivity index (χ3n) is 5.01. The van der Waals surface area contributed by atoms with Crippen LogP contribution in [0.25, 0.3) is 0 Å². The van der Waals surface area contributed by atoms with Crippen LogP contribution in [0, 0.1) is 13.8 Å². The number of aromatic nitrogens is 3. The number of carbonyl (C=O) groups excluding carboxylic acids is 1. The fourth-order valence-electron chi connectivity index (χ4n) is 3.59. The number of aryl methyl sites for hydroxylation is 2. The fourth-order valence-corrected chi connectivity index (χ4v) is 4.46. The van der Waals surface area contributed by atoms with E-state index in [4.69, 9.17) is 0 Å². The van der Waals surface area contributed by atoms with Crippen LogP contribution in [0.5, 0.6) is 0 Å². The van der Waals surface area contributed by atoms with Crippen LogP contribution in [-0.4, -0.2) is 39.4 Å². The number of thiazole rings is 1. The van der Waals surface area contributed by atoms with Gasteiger partial charge in [0.2, 0.25) is 0 Å². The molecule has 2 N–H and O–H groups in total. The predicted octanol–water partition coefficient (Wildman–Crippen LogP) is 4.31. The number of hydrogen-bond acceptors (Lipinski definition) is 7. The van der Waals surface area contributed by atoms with Crippen molar-refractivity contribution in [3.8, 4) is 0 Å². The van der Waals surface area contributed by atoms with E-state index in [2.05, 4.69) is 25.6 Å². The molecule has 4 rings (SSSR count). The van der Waals surface area contributed by atoms with E-state index in [0.29, 0.717) is 4.88 Å². The number of carbonyl (C=O) groups is 1. The molecule has 8 heteroatoms. The van der Waals surface area contributed by atoms with Crippen molar-refractivity contribution in [2.24, 2.45) is 0 Å². The van der Waals surface area contributed by atoms with E-state index >= 15 is 0 Å². The Morgan fingerprint density at radius 2 is 2.07 bits per heavy atom. The minimum absolute atomic E-state index is 0.00631. The largest absolute Gasteiger partial charge is 0.365 e. The quantitative estimate of drug-likeness (QED) is 0.654. The number of anilines is 3. The van der Waals surface area contributed by atoms with Crippen molar-refractivity contribution in [1.82, 2.24) is 19.9 Å². The Kier molecular flexibility index (Phi) is 5.44. The van der Waals surface area contributed by atoms with Gasteiger partial charge in [-0.2, -0.15) is 0 Å². The maximum Gasteiger partial charge on any atom is 0.266 e. The van der Waals surface area contributed by atoms with Crippen molar-refractivity contribution in [1.29, 1.82) is 0 Å². The van der Waals surface area contributed by atoms with Crippen LogP contribution in [-0.2, 0) is 0 Å². The van der Waals surface area contributed by atoms with Crippen molar-refractivity contribution < 1.29 is 4.79 Å². The second-order valence-corrected chi connectivity index (χ2v) is 8.10. The first-order chi connectivity index (χ1) is 14.0. The first kappa shape index (κ1) is 19.3. The molecule has 0 radical (unpaired) electrons. The van der Waals surface area contributed by atoms with Crippen LogP contribution in [0.3, 0.4) is 0 Å². The second-order valence-electron chi connectivity index (χ2n) is 7.10. The van der Waals surface area contributed by atoms with Gasteiger partial charge in [0.1, 0.15) is 10.7 Å². The van der Waals surface area contributed by atoms with Gasteiger partial charge < -0.3 is 15.5 Å². The van der Waals surface area contributed by atoms with Crippen molar-refractivity contribution in [2.75, 3.05) is 24.2 Å². The average molecular weight is 409 g/mol. The molecule has 1 unspecified atom stereocenters. The number of nitrogens with one attached hydrogen (secondary N) is 2. The lowest BCUT2D eigenvalue weighted by atomic mass is 10.1. The van der Waals surface area contributed by atoms with Gasteiger partial charge in [-0.3, -0.25) is 9.78 Å². The van der Waals surface area contributed by atoms with Gasteiger partial charge in [0.15, 0.2) is 5.13 Å². The second kappa shape index (κ2) is 8.16. The molecule has 0 aromatic carbocycles. The molecule has 4 heterocycles. The molecule has 3 aromatic rings. The van der Waals surface area contributed by atoms with E-state index in [9.17, 15) is 4.79 Å². The Bertz CT molecular complexity index is 1020. The van der Waals surface area contributed by atoms with E-state index in [1.165, 1.54) is 11.3 Å². The summed E-state index contributed by atoms with van der Waals surface area (Å²) in [6, 6.07) is 9.83. The van der Waals surface area contributed by atoms with Crippen LogP contribution in [0.1, 0.15) is 45.6 Å². The zero-order valence-electron chi connectivity index (χ0n) is 16.8. The minimum Gasteiger partial charge on any atom is -0.365 e. The Hall–Kier alpha value is -3.00. The zero-order chi connectivity index (χ0) is 20.4. The molecule has 0 spiro atoms. The average Bonchev–Trinajstić information content (AvgIpc) is 3.35. The topological polar surface area (TPSA) is 83.0 Å². The van der Waals surface area contributed by atoms with E-state index in [0.717, 1.165) is 53.1 Å². The van der Waals surface area contributed by atoms with Gasteiger partial charge in [0, 0.05) is 19.3 Å². The summed E-state index contributed by atoms with van der Waals surface area (Å²) in [6.45, 7) is 4.58. The van der Waals surface area contributed by atoms with Gasteiger partial charge in [0.25, 0.3) is 5.91 Å². The number of rotatable bonds is 5. The highest BCUT2D eigenvalue weighted by molar-refractivity contribution is 7.17. The lowest BCUT2D eigenvalue weighted by Gasteiger charge is -2.24. The first-order valence-electron chi connectivity index (χ1n) is 9.68. The third kappa shape index (κ3) is 4.07. The Morgan fingerprint density at radius 1 is 1.21 bits per heavy atom. The first-order valence-corrected chi connectivity index (χ1v) is 10.5. The van der Waals surface area contributed by atoms with Gasteiger partial charge in [-0.15, -0.1) is 0 Å². The van der Waals surface area contributed by atoms with Crippen LogP contribution >= 0.6 is 11.3 Å². The summed E-state index contributed by atoms with van der Waals surface area (Å²) in [5.74, 6) is 0.829. The SMILES string of the molecule is CNc1nc(C)c(C(=O)N2CCCC2c2ccc(Nc3cccc(C)n3)cn2)s1. The van der Waals surface area contributed by atoms with Gasteiger partial charge >= 0.3 is 0 Å². The summed E-state index contributed by atoms with van der Waals surface area (Å²) in [5, 5.41) is 7.05. The summed E-state index contributed by atoms with van der Waals surface area (Å²) in [6.07, 6.45) is 3.70. The molecule has 1 atom stereocenters. The van der Waals surface area contributed by atoms with Gasteiger partial charge in [-0.05, 0) is 51.0 Å². The number of likely N-dealkylation sites (tertiary alicyclic amines) is 1. The predicted molar refractivity (Wildman–Crippen MR) is 116 cm³/mol. The van der Waals surface area contributed by atoms with E-state index in [-0.39, 0.29) is 11.9 Å². The zero-order valence-corrected chi connectivity index (χ0v) is 17.6. The Balaban J connectivity index is 1.51. The summed E-state index contributed by atoms with van der Waals surface area (Å²) >= 11 is 1.41. The summed E-state index contributed by atoms with van der Waals surface area (Å²) < 4.78 is 0. The van der Waals surface area contributed by atoms with Crippen molar-refractivity contribution >= 4 is 33.9 Å². The molecule has 7 nitrogen and oxygen atoms in total. The molecule has 3 aromatic heterocycles. The highest BCUT2D eigenvalue weighted by Gasteiger charge is 2.33. The maximum atomic E-state index is 13.1. The molecule has 29 heavy (non-hydrogen) atoms. The van der Waals surface area contributed by atoms with Crippen LogP contribution in [0.2, 0.25) is 0 Å². The van der Waals surface area contributed by atoms with Gasteiger partial charge in [0.05, 0.1) is 29.3 Å². The number of hydrogen-bond donors (Lipinski definition) is 2. The molecule has 0 saturated carbocycles.